The van der Waals surface area contributed by atoms with Gasteiger partial charge in [0.1, 0.15) is 5.01 Å². The first-order chi connectivity index (χ1) is 15.5. The Labute approximate surface area is 190 Å². The molecule has 1 saturated heterocycles. The minimum absolute atomic E-state index is 0.0527. The Morgan fingerprint density at radius 2 is 1.69 bits per heavy atom. The summed E-state index contributed by atoms with van der Waals surface area (Å²) in [5.74, 6) is -0.105. The van der Waals surface area contributed by atoms with Gasteiger partial charge in [-0.1, -0.05) is 30.3 Å². The number of likely N-dealkylation sites (tertiary alicyclic amines) is 1. The van der Waals surface area contributed by atoms with Gasteiger partial charge >= 0.3 is 0 Å². The van der Waals surface area contributed by atoms with E-state index in [1.807, 2.05) is 35.2 Å². The summed E-state index contributed by atoms with van der Waals surface area (Å²) in [7, 11) is -3.73. The summed E-state index contributed by atoms with van der Waals surface area (Å²) in [4.78, 5) is 19.9. The fourth-order valence-corrected chi connectivity index (χ4v) is 6.14. The molecule has 3 aromatic carbocycles. The molecule has 8 heteroatoms. The number of amides is 1. The second-order valence-electron chi connectivity index (χ2n) is 7.67. The average molecular weight is 464 g/mol. The van der Waals surface area contributed by atoms with E-state index in [-0.39, 0.29) is 16.8 Å². The molecule has 0 radical (unpaired) electrons. The molecule has 0 spiro atoms. The third-order valence-corrected chi connectivity index (χ3v) is 8.08. The molecule has 0 aliphatic carbocycles. The minimum Gasteiger partial charge on any atom is -0.329 e. The van der Waals surface area contributed by atoms with Crippen LogP contribution in [0.2, 0.25) is 0 Å². The van der Waals surface area contributed by atoms with Crippen LogP contribution < -0.4 is 4.72 Å². The first kappa shape index (κ1) is 20.7. The second kappa shape index (κ2) is 8.37. The van der Waals surface area contributed by atoms with Crippen LogP contribution in [0.4, 0.5) is 5.69 Å². The quantitative estimate of drug-likeness (QED) is 0.448. The smallest absolute Gasteiger partial charge is 0.261 e. The van der Waals surface area contributed by atoms with Crippen molar-refractivity contribution in [1.82, 2.24) is 9.88 Å². The zero-order valence-electron chi connectivity index (χ0n) is 17.1. The molecular weight excluding hydrogens is 442 g/mol. The minimum atomic E-state index is -3.73. The van der Waals surface area contributed by atoms with Crippen LogP contribution in [-0.4, -0.2) is 30.8 Å². The molecule has 1 aliphatic heterocycles. The van der Waals surface area contributed by atoms with E-state index in [2.05, 4.69) is 4.72 Å². The highest BCUT2D eigenvalue weighted by atomic mass is 32.2. The Morgan fingerprint density at radius 3 is 2.44 bits per heavy atom. The normalized spacial score (nSPS) is 16.4. The summed E-state index contributed by atoms with van der Waals surface area (Å²) in [6.45, 7) is 0.662. The van der Waals surface area contributed by atoms with Crippen molar-refractivity contribution in [2.24, 2.45) is 0 Å². The van der Waals surface area contributed by atoms with Crippen molar-refractivity contribution in [3.63, 3.8) is 0 Å². The number of anilines is 1. The highest BCUT2D eigenvalue weighted by molar-refractivity contribution is 7.92. The Hall–Kier alpha value is -3.23. The van der Waals surface area contributed by atoms with Gasteiger partial charge in [-0.3, -0.25) is 9.52 Å². The van der Waals surface area contributed by atoms with Crippen LogP contribution in [0.3, 0.4) is 0 Å². The molecule has 0 unspecified atom stereocenters. The van der Waals surface area contributed by atoms with E-state index in [1.165, 1.54) is 12.1 Å². The third-order valence-electron chi connectivity index (χ3n) is 5.55. The summed E-state index contributed by atoms with van der Waals surface area (Å²) in [6.07, 6.45) is 1.79. The number of rotatable bonds is 5. The highest BCUT2D eigenvalue weighted by Gasteiger charge is 2.33. The van der Waals surface area contributed by atoms with Gasteiger partial charge in [-0.2, -0.15) is 0 Å². The lowest BCUT2D eigenvalue weighted by atomic mass is 10.1. The molecule has 0 bridgehead atoms. The van der Waals surface area contributed by atoms with Crippen LogP contribution in [0, 0.1) is 0 Å². The number of thiazole rings is 1. The average Bonchev–Trinajstić information content (AvgIpc) is 3.46. The van der Waals surface area contributed by atoms with Gasteiger partial charge in [-0.25, -0.2) is 13.4 Å². The first-order valence-corrected chi connectivity index (χ1v) is 12.7. The third kappa shape index (κ3) is 3.99. The largest absolute Gasteiger partial charge is 0.329 e. The molecule has 4 aromatic rings. The Kier molecular flexibility index (Phi) is 5.40. The predicted octanol–water partition coefficient (Wildman–Crippen LogP) is 5.07. The number of carbonyl (C=O) groups excluding carboxylic acids is 1. The zero-order chi connectivity index (χ0) is 22.1. The maximum Gasteiger partial charge on any atom is 0.261 e. The van der Waals surface area contributed by atoms with Crippen LogP contribution in [0.5, 0.6) is 0 Å². The van der Waals surface area contributed by atoms with E-state index in [0.717, 1.165) is 28.1 Å². The van der Waals surface area contributed by atoms with E-state index in [1.54, 1.807) is 47.7 Å². The Balaban J connectivity index is 1.36. The van der Waals surface area contributed by atoms with Gasteiger partial charge in [0.2, 0.25) is 0 Å². The number of fused-ring (bicyclic) bond motifs is 1. The van der Waals surface area contributed by atoms with Gasteiger partial charge in [0.25, 0.3) is 15.9 Å². The van der Waals surface area contributed by atoms with Crippen molar-refractivity contribution in [2.75, 3.05) is 11.3 Å². The predicted molar refractivity (Wildman–Crippen MR) is 126 cm³/mol. The Morgan fingerprint density at radius 1 is 0.969 bits per heavy atom. The molecule has 1 N–H and O–H groups in total. The highest BCUT2D eigenvalue weighted by Crippen LogP contribution is 2.37. The van der Waals surface area contributed by atoms with Crippen LogP contribution >= 0.6 is 11.3 Å². The summed E-state index contributed by atoms with van der Waals surface area (Å²) >= 11 is 1.63. The molecule has 1 aromatic heterocycles. The van der Waals surface area contributed by atoms with E-state index in [0.29, 0.717) is 17.8 Å². The fourth-order valence-electron chi connectivity index (χ4n) is 3.96. The number of carbonyl (C=O) groups is 1. The van der Waals surface area contributed by atoms with Gasteiger partial charge in [0, 0.05) is 17.8 Å². The SMILES string of the molecule is O=C(c1ccc(S(=O)(=O)Nc2ccccc2)cc1)N1CCC[C@H]1c1nc2ccccc2s1. The maximum atomic E-state index is 13.2. The summed E-state index contributed by atoms with van der Waals surface area (Å²) < 4.78 is 29.0. The number of benzene rings is 3. The van der Waals surface area contributed by atoms with Gasteiger partial charge in [-0.05, 0) is 61.4 Å². The van der Waals surface area contributed by atoms with E-state index in [4.69, 9.17) is 4.98 Å². The summed E-state index contributed by atoms with van der Waals surface area (Å²) in [5, 5.41) is 0.948. The van der Waals surface area contributed by atoms with Crippen molar-refractivity contribution < 1.29 is 13.2 Å². The van der Waals surface area contributed by atoms with Crippen LogP contribution in [0.15, 0.2) is 83.8 Å². The topological polar surface area (TPSA) is 79.4 Å². The molecule has 1 amide bonds. The molecule has 5 rings (SSSR count). The van der Waals surface area contributed by atoms with E-state index >= 15 is 0 Å². The van der Waals surface area contributed by atoms with E-state index in [9.17, 15) is 13.2 Å². The molecule has 1 aliphatic rings. The molecule has 1 fully saturated rings. The molecule has 32 heavy (non-hydrogen) atoms. The number of nitrogens with zero attached hydrogens (tertiary/aromatic N) is 2. The molecule has 6 nitrogen and oxygen atoms in total. The number of hydrogen-bond acceptors (Lipinski definition) is 5. The summed E-state index contributed by atoms with van der Waals surface area (Å²) in [5.41, 5.74) is 1.91. The number of para-hydroxylation sites is 2. The van der Waals surface area contributed by atoms with Crippen molar-refractivity contribution in [1.29, 1.82) is 0 Å². The Bertz CT molecular complexity index is 1330. The zero-order valence-corrected chi connectivity index (χ0v) is 18.8. The van der Waals surface area contributed by atoms with Gasteiger partial charge in [-0.15, -0.1) is 11.3 Å². The maximum absolute atomic E-state index is 13.2. The second-order valence-corrected chi connectivity index (χ2v) is 10.4. The van der Waals surface area contributed by atoms with E-state index < -0.39 is 10.0 Å². The molecule has 1 atom stereocenters. The number of aromatic nitrogens is 1. The van der Waals surface area contributed by atoms with Crippen molar-refractivity contribution in [3.8, 4) is 0 Å². The lowest BCUT2D eigenvalue weighted by Crippen LogP contribution is -2.30. The number of nitrogens with one attached hydrogen (secondary N) is 1. The molecular formula is C24H21N3O3S2. The molecule has 0 saturated carbocycles. The fraction of sp³-hybridized carbons (Fsp3) is 0.167. The van der Waals surface area contributed by atoms with Crippen LogP contribution in [0.1, 0.15) is 34.2 Å². The number of hydrogen-bond donors (Lipinski definition) is 1. The van der Waals surface area contributed by atoms with Crippen LogP contribution in [-0.2, 0) is 10.0 Å². The lowest BCUT2D eigenvalue weighted by Gasteiger charge is -2.23. The number of sulfonamides is 1. The van der Waals surface area contributed by atoms with Crippen molar-refractivity contribution in [3.05, 3.63) is 89.4 Å². The van der Waals surface area contributed by atoms with Crippen LogP contribution in [0.25, 0.3) is 10.2 Å². The van der Waals surface area contributed by atoms with Crippen molar-refractivity contribution >= 4 is 43.2 Å². The van der Waals surface area contributed by atoms with Gasteiger partial charge in [0.15, 0.2) is 0 Å². The monoisotopic (exact) mass is 463 g/mol. The molecule has 162 valence electrons. The standard InChI is InChI=1S/C24H21N3O3S2/c28-24(27-16-6-10-21(27)23-25-20-9-4-5-11-22(20)31-23)17-12-14-19(15-13-17)32(29,30)26-18-7-2-1-3-8-18/h1-5,7-9,11-15,21,26H,6,10,16H2/t21-/m0/s1. The summed E-state index contributed by atoms with van der Waals surface area (Å²) in [6, 6.07) is 22.7. The molecule has 2 heterocycles. The lowest BCUT2D eigenvalue weighted by molar-refractivity contribution is 0.0735. The van der Waals surface area contributed by atoms with Gasteiger partial charge in [0.05, 0.1) is 21.2 Å². The first-order valence-electron chi connectivity index (χ1n) is 10.4. The van der Waals surface area contributed by atoms with Gasteiger partial charge < -0.3 is 4.90 Å². The van der Waals surface area contributed by atoms with Crippen molar-refractivity contribution in [2.45, 2.75) is 23.8 Å².